The van der Waals surface area contributed by atoms with Crippen LogP contribution in [0.1, 0.15) is 37.8 Å². The number of nitrogens with one attached hydrogen (secondary N) is 1. The Bertz CT molecular complexity index is 1380. The van der Waals surface area contributed by atoms with Crippen molar-refractivity contribution in [2.75, 3.05) is 17.4 Å². The molecule has 0 aliphatic heterocycles. The molecule has 1 N–H and O–H groups in total. The summed E-state index contributed by atoms with van der Waals surface area (Å²) in [5, 5.41) is 3.70. The number of hydrogen-bond donors (Lipinski definition) is 1. The van der Waals surface area contributed by atoms with E-state index in [1.54, 1.807) is 48.5 Å². The summed E-state index contributed by atoms with van der Waals surface area (Å²) in [4.78, 5) is 28.5. The molecule has 39 heavy (non-hydrogen) atoms. The molecule has 3 rings (SSSR count). The van der Waals surface area contributed by atoms with Crippen LogP contribution in [0.15, 0.2) is 77.7 Å². The van der Waals surface area contributed by atoms with E-state index in [0.717, 1.165) is 16.3 Å². The van der Waals surface area contributed by atoms with Crippen molar-refractivity contribution in [2.45, 2.75) is 51.1 Å². The van der Waals surface area contributed by atoms with Crippen LogP contribution in [0.5, 0.6) is 0 Å². The molecule has 0 heterocycles. The van der Waals surface area contributed by atoms with Crippen molar-refractivity contribution in [3.8, 4) is 0 Å². The second kappa shape index (κ2) is 13.8. The van der Waals surface area contributed by atoms with E-state index in [1.807, 2.05) is 20.8 Å². The van der Waals surface area contributed by atoms with Gasteiger partial charge in [-0.1, -0.05) is 72.9 Å². The number of carbonyl (C=O) groups is 2. The summed E-state index contributed by atoms with van der Waals surface area (Å²) >= 11 is 12.4. The topological polar surface area (TPSA) is 86.8 Å². The highest BCUT2D eigenvalue weighted by atomic mass is 35.5. The largest absolute Gasteiger partial charge is 0.354 e. The second-order valence-corrected chi connectivity index (χ2v) is 11.8. The van der Waals surface area contributed by atoms with Gasteiger partial charge in [-0.15, -0.1) is 0 Å². The third-order valence-corrected chi connectivity index (χ3v) is 8.64. The van der Waals surface area contributed by atoms with Gasteiger partial charge in [-0.3, -0.25) is 13.9 Å². The molecule has 0 bridgehead atoms. The maximum absolute atomic E-state index is 14.0. The van der Waals surface area contributed by atoms with E-state index in [9.17, 15) is 18.0 Å². The van der Waals surface area contributed by atoms with Crippen LogP contribution in [0.3, 0.4) is 0 Å². The number of rotatable bonds is 12. The molecule has 0 saturated heterocycles. The summed E-state index contributed by atoms with van der Waals surface area (Å²) in [6, 6.07) is 18.9. The van der Waals surface area contributed by atoms with E-state index in [1.165, 1.54) is 29.2 Å². The first-order valence-electron chi connectivity index (χ1n) is 12.7. The molecule has 208 valence electrons. The summed E-state index contributed by atoms with van der Waals surface area (Å²) in [6.45, 7) is 5.62. The van der Waals surface area contributed by atoms with Gasteiger partial charge in [0.15, 0.2) is 0 Å². The molecular formula is C29H33Cl2N3O4S. The lowest BCUT2D eigenvalue weighted by Gasteiger charge is -2.33. The van der Waals surface area contributed by atoms with Crippen LogP contribution in [0.2, 0.25) is 10.0 Å². The van der Waals surface area contributed by atoms with Gasteiger partial charge in [0.25, 0.3) is 10.0 Å². The molecule has 3 aromatic rings. The lowest BCUT2D eigenvalue weighted by Crippen LogP contribution is -2.52. The molecule has 3 aromatic carbocycles. The standard InChI is InChI=1S/C29H33Cl2N3O4S/c1-4-18-32-29(36)27(5-2)33(19-22-8-6-7-9-26(22)31)28(35)20-34(24-14-10-21(3)11-15-24)39(37,38)25-16-12-23(30)13-17-25/h6-17,27H,4-5,18-20H2,1-3H3,(H,32,36)/t27-/m0/s1. The maximum atomic E-state index is 14.0. The lowest BCUT2D eigenvalue weighted by atomic mass is 10.1. The molecule has 2 amide bonds. The minimum absolute atomic E-state index is 0.00865. The molecule has 1 atom stereocenters. The first-order chi connectivity index (χ1) is 18.6. The smallest absolute Gasteiger partial charge is 0.264 e. The van der Waals surface area contributed by atoms with Gasteiger partial charge in [0.2, 0.25) is 11.8 Å². The monoisotopic (exact) mass is 589 g/mol. The Morgan fingerprint density at radius 1 is 0.923 bits per heavy atom. The average molecular weight is 591 g/mol. The van der Waals surface area contributed by atoms with Gasteiger partial charge in [0.1, 0.15) is 12.6 Å². The SMILES string of the molecule is CCCNC(=O)[C@H](CC)N(Cc1ccccc1Cl)C(=O)CN(c1ccc(C)cc1)S(=O)(=O)c1ccc(Cl)cc1. The summed E-state index contributed by atoms with van der Waals surface area (Å²) < 4.78 is 28.7. The van der Waals surface area contributed by atoms with E-state index in [0.29, 0.717) is 34.3 Å². The highest BCUT2D eigenvalue weighted by molar-refractivity contribution is 7.92. The highest BCUT2D eigenvalue weighted by Crippen LogP contribution is 2.27. The Morgan fingerprint density at radius 3 is 2.15 bits per heavy atom. The van der Waals surface area contributed by atoms with Crippen molar-refractivity contribution in [1.29, 1.82) is 0 Å². The van der Waals surface area contributed by atoms with E-state index in [4.69, 9.17) is 23.2 Å². The normalized spacial score (nSPS) is 12.0. The predicted octanol–water partition coefficient (Wildman–Crippen LogP) is 5.83. The first-order valence-corrected chi connectivity index (χ1v) is 14.9. The summed E-state index contributed by atoms with van der Waals surface area (Å²) in [5.74, 6) is -0.839. The van der Waals surface area contributed by atoms with Gasteiger partial charge in [-0.25, -0.2) is 8.42 Å². The van der Waals surface area contributed by atoms with Crippen LogP contribution < -0.4 is 9.62 Å². The maximum Gasteiger partial charge on any atom is 0.264 e. The number of benzene rings is 3. The molecule has 0 saturated carbocycles. The number of anilines is 1. The molecule has 7 nitrogen and oxygen atoms in total. The molecular weight excluding hydrogens is 557 g/mol. The lowest BCUT2D eigenvalue weighted by molar-refractivity contribution is -0.140. The van der Waals surface area contributed by atoms with Crippen LogP contribution in [0, 0.1) is 6.92 Å². The van der Waals surface area contributed by atoms with E-state index in [2.05, 4.69) is 5.32 Å². The summed E-state index contributed by atoms with van der Waals surface area (Å²) in [6.07, 6.45) is 1.07. The minimum Gasteiger partial charge on any atom is -0.354 e. The van der Waals surface area contributed by atoms with E-state index in [-0.39, 0.29) is 17.3 Å². The van der Waals surface area contributed by atoms with Crippen LogP contribution in [0.25, 0.3) is 0 Å². The fourth-order valence-corrected chi connectivity index (χ4v) is 5.80. The Labute approximate surface area is 240 Å². The quantitative estimate of drug-likeness (QED) is 0.288. The number of nitrogens with zero attached hydrogens (tertiary/aromatic N) is 2. The molecule has 0 aliphatic rings. The van der Waals surface area contributed by atoms with Crippen LogP contribution >= 0.6 is 23.2 Å². The average Bonchev–Trinajstić information content (AvgIpc) is 2.92. The fourth-order valence-electron chi connectivity index (χ4n) is 4.07. The molecule has 0 unspecified atom stereocenters. The van der Waals surface area contributed by atoms with Gasteiger partial charge in [-0.05, 0) is 67.8 Å². The third kappa shape index (κ3) is 7.75. The number of hydrogen-bond acceptors (Lipinski definition) is 4. The zero-order valence-corrected chi connectivity index (χ0v) is 24.6. The zero-order valence-electron chi connectivity index (χ0n) is 22.2. The molecule has 10 heteroatoms. The molecule has 0 spiro atoms. The summed E-state index contributed by atoms with van der Waals surface area (Å²) in [7, 11) is -4.16. The van der Waals surface area contributed by atoms with E-state index >= 15 is 0 Å². The van der Waals surface area contributed by atoms with Crippen LogP contribution in [-0.4, -0.2) is 44.3 Å². The van der Waals surface area contributed by atoms with Gasteiger partial charge in [0.05, 0.1) is 10.6 Å². The minimum atomic E-state index is -4.16. The van der Waals surface area contributed by atoms with Crippen LogP contribution in [0.4, 0.5) is 5.69 Å². The van der Waals surface area contributed by atoms with Crippen molar-refractivity contribution in [3.63, 3.8) is 0 Å². The Balaban J connectivity index is 2.05. The Hall–Kier alpha value is -3.07. The Kier molecular flexibility index (Phi) is 10.8. The first kappa shape index (κ1) is 30.5. The molecule has 0 fully saturated rings. The number of amides is 2. The summed E-state index contributed by atoms with van der Waals surface area (Å²) in [5.41, 5.74) is 1.91. The number of carbonyl (C=O) groups excluding carboxylic acids is 2. The molecule has 0 aromatic heterocycles. The number of halogens is 2. The van der Waals surface area contributed by atoms with Crippen molar-refractivity contribution in [1.82, 2.24) is 10.2 Å². The van der Waals surface area contributed by atoms with Gasteiger partial charge >= 0.3 is 0 Å². The second-order valence-electron chi connectivity index (χ2n) is 9.13. The van der Waals surface area contributed by atoms with Gasteiger partial charge < -0.3 is 10.2 Å². The number of sulfonamides is 1. The predicted molar refractivity (Wildman–Crippen MR) is 157 cm³/mol. The van der Waals surface area contributed by atoms with Crippen LogP contribution in [-0.2, 0) is 26.2 Å². The van der Waals surface area contributed by atoms with Crippen molar-refractivity contribution >= 4 is 50.7 Å². The third-order valence-electron chi connectivity index (χ3n) is 6.24. The Morgan fingerprint density at radius 2 is 1.56 bits per heavy atom. The van der Waals surface area contributed by atoms with Gasteiger partial charge in [0, 0.05) is 23.1 Å². The number of aryl methyl sites for hydroxylation is 1. The van der Waals surface area contributed by atoms with Crippen molar-refractivity contribution < 1.29 is 18.0 Å². The highest BCUT2D eigenvalue weighted by Gasteiger charge is 2.33. The molecule has 0 aliphatic carbocycles. The fraction of sp³-hybridized carbons (Fsp3) is 0.310. The van der Waals surface area contributed by atoms with Gasteiger partial charge in [-0.2, -0.15) is 0 Å². The zero-order chi connectivity index (χ0) is 28.6. The van der Waals surface area contributed by atoms with Crippen molar-refractivity contribution in [2.24, 2.45) is 0 Å². The molecule has 0 radical (unpaired) electrons. The van der Waals surface area contributed by atoms with E-state index < -0.39 is 28.5 Å². The van der Waals surface area contributed by atoms with Crippen molar-refractivity contribution in [3.05, 3.63) is 94.0 Å².